The van der Waals surface area contributed by atoms with Crippen LogP contribution in [0.1, 0.15) is 5.56 Å². The van der Waals surface area contributed by atoms with Crippen molar-refractivity contribution in [3.63, 3.8) is 0 Å². The van der Waals surface area contributed by atoms with Gasteiger partial charge < -0.3 is 4.90 Å². The lowest BCUT2D eigenvalue weighted by molar-refractivity contribution is 0.0255. The number of piperazine rings is 1. The molecule has 26 heavy (non-hydrogen) atoms. The maximum Gasteiger partial charge on any atom is 0.266 e. The van der Waals surface area contributed by atoms with Gasteiger partial charge in [0, 0.05) is 70.7 Å². The second-order valence-corrected chi connectivity index (χ2v) is 7.17. The quantitative estimate of drug-likeness (QED) is 0.815. The number of hydrogen-bond acceptors (Lipinski definition) is 5. The summed E-state index contributed by atoms with van der Waals surface area (Å²) in [7, 11) is 1.66. The number of aromatic nitrogens is 2. The van der Waals surface area contributed by atoms with Crippen molar-refractivity contribution in [1.29, 1.82) is 0 Å². The number of likely N-dealkylation sites (tertiary alicyclic amines) is 1. The van der Waals surface area contributed by atoms with Crippen LogP contribution in [-0.2, 0) is 13.6 Å². The Kier molecular flexibility index (Phi) is 4.74. The molecule has 2 aromatic rings. The molecule has 0 radical (unpaired) electrons. The van der Waals surface area contributed by atoms with E-state index in [-0.39, 0.29) is 11.4 Å². The topological polar surface area (TPSA) is 44.6 Å². The summed E-state index contributed by atoms with van der Waals surface area (Å²) in [5.74, 6) is -0.187. The molecule has 2 aliphatic heterocycles. The predicted octanol–water partition coefficient (Wildman–Crippen LogP) is 0.926. The van der Waals surface area contributed by atoms with Crippen molar-refractivity contribution < 1.29 is 4.39 Å². The van der Waals surface area contributed by atoms with Crippen molar-refractivity contribution in [3.8, 4) is 0 Å². The fourth-order valence-corrected chi connectivity index (χ4v) is 3.75. The van der Waals surface area contributed by atoms with E-state index in [9.17, 15) is 9.18 Å². The van der Waals surface area contributed by atoms with Crippen LogP contribution in [-0.4, -0.2) is 64.9 Å². The zero-order chi connectivity index (χ0) is 18.1. The Morgan fingerprint density at radius 3 is 2.46 bits per heavy atom. The minimum absolute atomic E-state index is 0.0588. The van der Waals surface area contributed by atoms with Gasteiger partial charge in [-0.3, -0.25) is 14.6 Å². The molecule has 1 aromatic heterocycles. The van der Waals surface area contributed by atoms with Crippen molar-refractivity contribution >= 4 is 5.69 Å². The van der Waals surface area contributed by atoms with E-state index in [1.807, 2.05) is 12.1 Å². The second-order valence-electron chi connectivity index (χ2n) is 7.17. The molecule has 0 unspecified atom stereocenters. The first-order valence-corrected chi connectivity index (χ1v) is 9.07. The van der Waals surface area contributed by atoms with E-state index < -0.39 is 0 Å². The van der Waals surface area contributed by atoms with Crippen LogP contribution in [0.5, 0.6) is 0 Å². The Labute approximate surface area is 152 Å². The van der Waals surface area contributed by atoms with Crippen LogP contribution < -0.4 is 10.5 Å². The second kappa shape index (κ2) is 7.17. The molecule has 6 nitrogen and oxygen atoms in total. The van der Waals surface area contributed by atoms with E-state index in [0.29, 0.717) is 6.04 Å². The third kappa shape index (κ3) is 3.64. The predicted molar refractivity (Wildman–Crippen MR) is 98.7 cm³/mol. The average molecular weight is 357 g/mol. The molecule has 4 rings (SSSR count). The standard InChI is InChI=1S/C19H24FN5O/c1-22-19(26)10-15(11-21-22)12-23-13-18(14-23)25-8-6-24(7-9-25)17-4-2-16(20)3-5-17/h2-5,10-11,18H,6-9,12-14H2,1H3. The van der Waals surface area contributed by atoms with Crippen molar-refractivity contribution in [2.45, 2.75) is 12.6 Å². The minimum Gasteiger partial charge on any atom is -0.369 e. The van der Waals surface area contributed by atoms with Crippen LogP contribution in [0.4, 0.5) is 10.1 Å². The lowest BCUT2D eigenvalue weighted by Crippen LogP contribution is -2.62. The molecule has 0 bridgehead atoms. The summed E-state index contributed by atoms with van der Waals surface area (Å²) in [5, 5.41) is 4.08. The number of anilines is 1. The van der Waals surface area contributed by atoms with Crippen molar-refractivity contribution in [2.24, 2.45) is 7.05 Å². The van der Waals surface area contributed by atoms with Crippen LogP contribution in [0.15, 0.2) is 41.3 Å². The number of aryl methyl sites for hydroxylation is 1. The fraction of sp³-hybridized carbons (Fsp3) is 0.474. The van der Waals surface area contributed by atoms with Gasteiger partial charge in [-0.25, -0.2) is 9.07 Å². The first-order chi connectivity index (χ1) is 12.6. The highest BCUT2D eigenvalue weighted by Crippen LogP contribution is 2.22. The molecule has 0 spiro atoms. The smallest absolute Gasteiger partial charge is 0.266 e. The summed E-state index contributed by atoms with van der Waals surface area (Å²) in [4.78, 5) is 18.9. The molecule has 0 atom stereocenters. The van der Waals surface area contributed by atoms with Gasteiger partial charge >= 0.3 is 0 Å². The Morgan fingerprint density at radius 2 is 1.81 bits per heavy atom. The fourth-order valence-electron chi connectivity index (χ4n) is 3.75. The number of halogens is 1. The van der Waals surface area contributed by atoms with Gasteiger partial charge in [0.15, 0.2) is 0 Å². The highest BCUT2D eigenvalue weighted by molar-refractivity contribution is 5.46. The van der Waals surface area contributed by atoms with E-state index in [1.165, 1.54) is 16.8 Å². The Bertz CT molecular complexity index is 807. The van der Waals surface area contributed by atoms with E-state index in [0.717, 1.165) is 57.1 Å². The molecule has 138 valence electrons. The SMILES string of the molecule is Cn1ncc(CN2CC(N3CCN(c4ccc(F)cc4)CC3)C2)cc1=O. The lowest BCUT2D eigenvalue weighted by Gasteiger charge is -2.48. The summed E-state index contributed by atoms with van der Waals surface area (Å²) in [6.45, 7) is 6.86. The van der Waals surface area contributed by atoms with Crippen LogP contribution >= 0.6 is 0 Å². The van der Waals surface area contributed by atoms with E-state index >= 15 is 0 Å². The molecule has 3 heterocycles. The highest BCUT2D eigenvalue weighted by Gasteiger charge is 2.33. The van der Waals surface area contributed by atoms with Gasteiger partial charge in [0.05, 0.1) is 6.20 Å². The Balaban J connectivity index is 1.24. The lowest BCUT2D eigenvalue weighted by atomic mass is 10.0. The van der Waals surface area contributed by atoms with Crippen LogP contribution in [0, 0.1) is 5.82 Å². The van der Waals surface area contributed by atoms with Gasteiger partial charge in [-0.05, 0) is 29.8 Å². The zero-order valence-corrected chi connectivity index (χ0v) is 15.0. The van der Waals surface area contributed by atoms with E-state index in [4.69, 9.17) is 0 Å². The molecule has 0 N–H and O–H groups in total. The van der Waals surface area contributed by atoms with Gasteiger partial charge in [0.25, 0.3) is 5.56 Å². The Hall–Kier alpha value is -2.25. The molecular formula is C19H24FN5O. The van der Waals surface area contributed by atoms with Gasteiger partial charge in [0.1, 0.15) is 5.82 Å². The summed E-state index contributed by atoms with van der Waals surface area (Å²) in [6.07, 6.45) is 1.77. The number of nitrogens with zero attached hydrogens (tertiary/aromatic N) is 5. The maximum absolute atomic E-state index is 13.1. The average Bonchev–Trinajstić information content (AvgIpc) is 2.62. The number of benzene rings is 1. The van der Waals surface area contributed by atoms with E-state index in [2.05, 4.69) is 19.8 Å². The molecule has 0 aliphatic carbocycles. The maximum atomic E-state index is 13.1. The summed E-state index contributed by atoms with van der Waals surface area (Å²) in [6, 6.07) is 9.02. The third-order valence-electron chi connectivity index (χ3n) is 5.39. The summed E-state index contributed by atoms with van der Waals surface area (Å²) < 4.78 is 14.4. The van der Waals surface area contributed by atoms with Crippen LogP contribution in [0.2, 0.25) is 0 Å². The Morgan fingerprint density at radius 1 is 1.12 bits per heavy atom. The van der Waals surface area contributed by atoms with Crippen LogP contribution in [0.25, 0.3) is 0 Å². The van der Waals surface area contributed by atoms with Crippen LogP contribution in [0.3, 0.4) is 0 Å². The molecule has 7 heteroatoms. The zero-order valence-electron chi connectivity index (χ0n) is 15.0. The number of rotatable bonds is 4. The molecular weight excluding hydrogens is 333 g/mol. The molecule has 0 amide bonds. The largest absolute Gasteiger partial charge is 0.369 e. The molecule has 2 fully saturated rings. The molecule has 2 aliphatic rings. The molecule has 2 saturated heterocycles. The summed E-state index contributed by atoms with van der Waals surface area (Å²) in [5.41, 5.74) is 2.02. The number of hydrogen-bond donors (Lipinski definition) is 0. The van der Waals surface area contributed by atoms with Gasteiger partial charge in [-0.1, -0.05) is 0 Å². The van der Waals surface area contributed by atoms with Crippen molar-refractivity contribution in [2.75, 3.05) is 44.2 Å². The van der Waals surface area contributed by atoms with Gasteiger partial charge in [-0.15, -0.1) is 0 Å². The summed E-state index contributed by atoms with van der Waals surface area (Å²) >= 11 is 0. The third-order valence-corrected chi connectivity index (χ3v) is 5.39. The highest BCUT2D eigenvalue weighted by atomic mass is 19.1. The molecule has 1 aromatic carbocycles. The normalized spacial score (nSPS) is 19.5. The van der Waals surface area contributed by atoms with Gasteiger partial charge in [-0.2, -0.15) is 5.10 Å². The minimum atomic E-state index is -0.187. The van der Waals surface area contributed by atoms with E-state index in [1.54, 1.807) is 19.3 Å². The first kappa shape index (κ1) is 17.2. The van der Waals surface area contributed by atoms with Crippen molar-refractivity contribution in [1.82, 2.24) is 19.6 Å². The van der Waals surface area contributed by atoms with Crippen molar-refractivity contribution in [3.05, 3.63) is 58.3 Å². The van der Waals surface area contributed by atoms with Gasteiger partial charge in [0.2, 0.25) is 0 Å². The molecule has 0 saturated carbocycles. The monoisotopic (exact) mass is 357 g/mol. The first-order valence-electron chi connectivity index (χ1n) is 9.07.